The number of nitrogens with zero attached hydrogens (tertiary/aromatic N) is 1. The fourth-order valence-electron chi connectivity index (χ4n) is 2.70. The molecule has 2 heterocycles. The van der Waals surface area contributed by atoms with Gasteiger partial charge in [-0.2, -0.15) is 0 Å². The van der Waals surface area contributed by atoms with E-state index in [0.717, 1.165) is 33.6 Å². The number of rotatable bonds is 1. The van der Waals surface area contributed by atoms with Crippen LogP contribution in [0.25, 0.3) is 33.6 Å². The maximum atomic E-state index is 5.96. The van der Waals surface area contributed by atoms with Gasteiger partial charge in [0.05, 0.1) is 11.0 Å². The topological polar surface area (TPSA) is 41.8 Å². The van der Waals surface area contributed by atoms with Crippen LogP contribution in [-0.4, -0.2) is 9.97 Å². The minimum absolute atomic E-state index is 0.130. The second-order valence-corrected chi connectivity index (χ2v) is 6.72. The number of aromatic amines is 1. The zero-order chi connectivity index (χ0) is 15.3. The summed E-state index contributed by atoms with van der Waals surface area (Å²) in [5, 5.41) is 1.11. The molecule has 3 nitrogen and oxygen atoms in total. The lowest BCUT2D eigenvalue weighted by Gasteiger charge is -2.18. The largest absolute Gasteiger partial charge is 0.453 e. The molecule has 0 saturated carbocycles. The Labute approximate surface area is 129 Å². The first kappa shape index (κ1) is 13.1. The highest BCUT2D eigenvalue weighted by molar-refractivity contribution is 5.85. The lowest BCUT2D eigenvalue weighted by Crippen LogP contribution is -2.10. The Morgan fingerprint density at radius 2 is 1.82 bits per heavy atom. The monoisotopic (exact) mass is 290 g/mol. The Morgan fingerprint density at radius 3 is 2.59 bits per heavy atom. The summed E-state index contributed by atoms with van der Waals surface area (Å²) >= 11 is 0. The standard InChI is InChI=1S/C19H18N2O/c1-19(2,3)13-8-9-16-12(10-13)11-17(22-16)18-20-14-6-4-5-7-15(14)21-18/h4-11H,1-3H3,(H,20,21). The summed E-state index contributed by atoms with van der Waals surface area (Å²) in [6.07, 6.45) is 0. The Kier molecular flexibility index (Phi) is 2.67. The molecule has 110 valence electrons. The molecule has 0 radical (unpaired) electrons. The number of hydrogen-bond acceptors (Lipinski definition) is 2. The molecule has 1 N–H and O–H groups in total. The number of furan rings is 1. The van der Waals surface area contributed by atoms with E-state index in [4.69, 9.17) is 4.42 Å². The molecule has 0 spiro atoms. The van der Waals surface area contributed by atoms with E-state index in [9.17, 15) is 0 Å². The quantitative estimate of drug-likeness (QED) is 0.518. The molecule has 0 fully saturated rings. The summed E-state index contributed by atoms with van der Waals surface area (Å²) < 4.78 is 5.96. The van der Waals surface area contributed by atoms with E-state index in [1.54, 1.807) is 0 Å². The molecule has 0 unspecified atom stereocenters. The van der Waals surface area contributed by atoms with Crippen LogP contribution in [0, 0.1) is 0 Å². The van der Waals surface area contributed by atoms with Gasteiger partial charge in [0.2, 0.25) is 0 Å². The molecule has 22 heavy (non-hydrogen) atoms. The Hall–Kier alpha value is -2.55. The van der Waals surface area contributed by atoms with Crippen molar-refractivity contribution in [2.45, 2.75) is 26.2 Å². The van der Waals surface area contributed by atoms with Gasteiger partial charge in [-0.1, -0.05) is 39.0 Å². The van der Waals surface area contributed by atoms with Crippen LogP contribution in [0.4, 0.5) is 0 Å². The molecule has 0 aliphatic rings. The van der Waals surface area contributed by atoms with Crippen molar-refractivity contribution < 1.29 is 4.42 Å². The van der Waals surface area contributed by atoms with Gasteiger partial charge >= 0.3 is 0 Å². The van der Waals surface area contributed by atoms with Gasteiger partial charge in [0.1, 0.15) is 5.58 Å². The number of hydrogen-bond donors (Lipinski definition) is 1. The van der Waals surface area contributed by atoms with Crippen molar-refractivity contribution in [2.24, 2.45) is 0 Å². The molecule has 0 aliphatic carbocycles. The van der Waals surface area contributed by atoms with Crippen LogP contribution < -0.4 is 0 Å². The van der Waals surface area contributed by atoms with Crippen LogP contribution in [-0.2, 0) is 5.41 Å². The fourth-order valence-corrected chi connectivity index (χ4v) is 2.70. The number of para-hydroxylation sites is 2. The molecule has 2 aromatic heterocycles. The van der Waals surface area contributed by atoms with Crippen LogP contribution in [0.1, 0.15) is 26.3 Å². The van der Waals surface area contributed by atoms with Gasteiger partial charge < -0.3 is 9.40 Å². The first-order valence-electron chi connectivity index (χ1n) is 7.50. The zero-order valence-electron chi connectivity index (χ0n) is 13.0. The number of nitrogens with one attached hydrogen (secondary N) is 1. The third-order valence-corrected chi connectivity index (χ3v) is 4.01. The highest BCUT2D eigenvalue weighted by Gasteiger charge is 2.16. The lowest BCUT2D eigenvalue weighted by molar-refractivity contribution is 0.590. The molecule has 0 aliphatic heterocycles. The zero-order valence-corrected chi connectivity index (χ0v) is 13.0. The highest BCUT2D eigenvalue weighted by atomic mass is 16.3. The lowest BCUT2D eigenvalue weighted by atomic mass is 9.86. The predicted octanol–water partition coefficient (Wildman–Crippen LogP) is 5.27. The smallest absolute Gasteiger partial charge is 0.174 e. The Morgan fingerprint density at radius 1 is 1.00 bits per heavy atom. The molecule has 0 atom stereocenters. The van der Waals surface area contributed by atoms with E-state index in [2.05, 4.69) is 48.9 Å². The van der Waals surface area contributed by atoms with Crippen molar-refractivity contribution >= 4 is 22.0 Å². The van der Waals surface area contributed by atoms with Crippen molar-refractivity contribution in [3.8, 4) is 11.6 Å². The van der Waals surface area contributed by atoms with E-state index in [0.29, 0.717) is 0 Å². The molecule has 2 aromatic carbocycles. The van der Waals surface area contributed by atoms with E-state index in [-0.39, 0.29) is 5.41 Å². The summed E-state index contributed by atoms with van der Waals surface area (Å²) in [4.78, 5) is 7.91. The summed E-state index contributed by atoms with van der Waals surface area (Å²) in [6, 6.07) is 16.4. The average Bonchev–Trinajstić information content (AvgIpc) is 3.08. The van der Waals surface area contributed by atoms with Crippen molar-refractivity contribution in [3.05, 3.63) is 54.1 Å². The van der Waals surface area contributed by atoms with Crippen LogP contribution >= 0.6 is 0 Å². The van der Waals surface area contributed by atoms with Crippen LogP contribution in [0.3, 0.4) is 0 Å². The number of fused-ring (bicyclic) bond motifs is 2. The first-order chi connectivity index (χ1) is 10.5. The maximum absolute atomic E-state index is 5.96. The van der Waals surface area contributed by atoms with Crippen molar-refractivity contribution in [2.75, 3.05) is 0 Å². The van der Waals surface area contributed by atoms with Gasteiger partial charge in [-0.05, 0) is 41.3 Å². The van der Waals surface area contributed by atoms with Gasteiger partial charge in [0, 0.05) is 5.39 Å². The molecular weight excluding hydrogens is 272 g/mol. The predicted molar refractivity (Wildman–Crippen MR) is 90.0 cm³/mol. The van der Waals surface area contributed by atoms with E-state index >= 15 is 0 Å². The minimum Gasteiger partial charge on any atom is -0.453 e. The van der Waals surface area contributed by atoms with Crippen molar-refractivity contribution in [3.63, 3.8) is 0 Å². The van der Waals surface area contributed by atoms with Gasteiger partial charge in [-0.3, -0.25) is 0 Å². The minimum atomic E-state index is 0.130. The van der Waals surface area contributed by atoms with Gasteiger partial charge in [0.15, 0.2) is 11.6 Å². The second kappa shape index (κ2) is 4.47. The second-order valence-electron chi connectivity index (χ2n) is 6.72. The van der Waals surface area contributed by atoms with Crippen LogP contribution in [0.15, 0.2) is 52.9 Å². The van der Waals surface area contributed by atoms with Crippen LogP contribution in [0.5, 0.6) is 0 Å². The average molecular weight is 290 g/mol. The Bertz CT molecular complexity index is 937. The SMILES string of the molecule is CC(C)(C)c1ccc2oc(-c3nc4ccccc4[nH]3)cc2c1. The number of H-pyrrole nitrogens is 1. The van der Waals surface area contributed by atoms with Crippen LogP contribution in [0.2, 0.25) is 0 Å². The van der Waals surface area contributed by atoms with Crippen molar-refractivity contribution in [1.29, 1.82) is 0 Å². The van der Waals surface area contributed by atoms with Crippen molar-refractivity contribution in [1.82, 2.24) is 9.97 Å². The third-order valence-electron chi connectivity index (χ3n) is 4.01. The summed E-state index contributed by atoms with van der Waals surface area (Å²) in [5.74, 6) is 1.55. The van der Waals surface area contributed by atoms with E-state index in [1.807, 2.05) is 30.3 Å². The summed E-state index contributed by atoms with van der Waals surface area (Å²) in [7, 11) is 0. The molecule has 0 amide bonds. The molecule has 0 saturated heterocycles. The van der Waals surface area contributed by atoms with Gasteiger partial charge in [-0.15, -0.1) is 0 Å². The summed E-state index contributed by atoms with van der Waals surface area (Å²) in [6.45, 7) is 6.65. The Balaban J connectivity index is 1.85. The molecule has 3 heteroatoms. The van der Waals surface area contributed by atoms with Gasteiger partial charge in [-0.25, -0.2) is 4.98 Å². The molecule has 4 rings (SSSR count). The number of imidazole rings is 1. The van der Waals surface area contributed by atoms with Gasteiger partial charge in [0.25, 0.3) is 0 Å². The maximum Gasteiger partial charge on any atom is 0.174 e. The highest BCUT2D eigenvalue weighted by Crippen LogP contribution is 2.31. The van der Waals surface area contributed by atoms with E-state index in [1.165, 1.54) is 5.56 Å². The fraction of sp³-hybridized carbons (Fsp3) is 0.211. The molecular formula is C19H18N2O. The van der Waals surface area contributed by atoms with E-state index < -0.39 is 0 Å². The number of aromatic nitrogens is 2. The summed E-state index contributed by atoms with van der Waals surface area (Å²) in [5.41, 5.74) is 4.30. The third kappa shape index (κ3) is 2.10. The normalized spacial score (nSPS) is 12.3. The molecule has 0 bridgehead atoms. The first-order valence-corrected chi connectivity index (χ1v) is 7.50. The number of benzene rings is 2. The molecule has 4 aromatic rings.